The SMILES string of the molecule is Cc1ccc(O)c(C(=O)N2CCCNC(=O)C2)c1. The molecule has 2 N–H and O–H groups in total. The van der Waals surface area contributed by atoms with Crippen LogP contribution < -0.4 is 5.32 Å². The van der Waals surface area contributed by atoms with E-state index in [9.17, 15) is 14.7 Å². The monoisotopic (exact) mass is 248 g/mol. The Bertz CT molecular complexity index is 485. The standard InChI is InChI=1S/C13H16N2O3/c1-9-3-4-11(16)10(7-9)13(18)15-6-2-5-14-12(17)8-15/h3-4,7,16H,2,5-6,8H2,1H3,(H,14,17). The van der Waals surface area contributed by atoms with Gasteiger partial charge in [-0.3, -0.25) is 9.59 Å². The van der Waals surface area contributed by atoms with Gasteiger partial charge in [-0.1, -0.05) is 11.6 Å². The van der Waals surface area contributed by atoms with Gasteiger partial charge in [-0.25, -0.2) is 0 Å². The second-order valence-electron chi connectivity index (χ2n) is 4.45. The zero-order valence-corrected chi connectivity index (χ0v) is 10.3. The van der Waals surface area contributed by atoms with Crippen molar-refractivity contribution in [1.82, 2.24) is 10.2 Å². The van der Waals surface area contributed by atoms with Gasteiger partial charge in [0.2, 0.25) is 5.91 Å². The van der Waals surface area contributed by atoms with Crippen LogP contribution in [0, 0.1) is 6.92 Å². The van der Waals surface area contributed by atoms with E-state index in [1.807, 2.05) is 6.92 Å². The molecule has 1 saturated heterocycles. The first-order valence-electron chi connectivity index (χ1n) is 5.93. The molecule has 1 aliphatic heterocycles. The minimum absolute atomic E-state index is 0.0461. The predicted octanol–water partition coefficient (Wildman–Crippen LogP) is 0.663. The summed E-state index contributed by atoms with van der Waals surface area (Å²) in [6.45, 7) is 3.00. The van der Waals surface area contributed by atoms with Crippen LogP contribution in [0.5, 0.6) is 5.75 Å². The number of amides is 2. The summed E-state index contributed by atoms with van der Waals surface area (Å²) >= 11 is 0. The van der Waals surface area contributed by atoms with Crippen LogP contribution in [0.2, 0.25) is 0 Å². The molecular formula is C13H16N2O3. The minimum atomic E-state index is -0.298. The topological polar surface area (TPSA) is 69.6 Å². The number of aryl methyl sites for hydroxylation is 1. The maximum absolute atomic E-state index is 12.3. The zero-order valence-electron chi connectivity index (χ0n) is 10.3. The number of carbonyl (C=O) groups excluding carboxylic acids is 2. The number of nitrogens with one attached hydrogen (secondary N) is 1. The van der Waals surface area contributed by atoms with Gasteiger partial charge in [0.1, 0.15) is 5.75 Å². The van der Waals surface area contributed by atoms with Gasteiger partial charge in [0.05, 0.1) is 12.1 Å². The number of nitrogens with zero attached hydrogens (tertiary/aromatic N) is 1. The molecule has 18 heavy (non-hydrogen) atoms. The molecule has 1 heterocycles. The number of rotatable bonds is 1. The van der Waals surface area contributed by atoms with Crippen LogP contribution in [0.15, 0.2) is 18.2 Å². The fraction of sp³-hybridized carbons (Fsp3) is 0.385. The van der Waals surface area contributed by atoms with Gasteiger partial charge < -0.3 is 15.3 Å². The second-order valence-corrected chi connectivity index (χ2v) is 4.45. The number of benzene rings is 1. The molecule has 0 aliphatic carbocycles. The lowest BCUT2D eigenvalue weighted by Crippen LogP contribution is -2.37. The first-order valence-corrected chi connectivity index (χ1v) is 5.93. The molecule has 1 fully saturated rings. The number of hydrogen-bond donors (Lipinski definition) is 2. The van der Waals surface area contributed by atoms with Crippen molar-refractivity contribution in [3.63, 3.8) is 0 Å². The van der Waals surface area contributed by atoms with Crippen LogP contribution in [-0.2, 0) is 4.79 Å². The van der Waals surface area contributed by atoms with Crippen molar-refractivity contribution in [2.24, 2.45) is 0 Å². The molecule has 96 valence electrons. The molecule has 0 saturated carbocycles. The van der Waals surface area contributed by atoms with E-state index in [1.165, 1.54) is 11.0 Å². The molecule has 5 heteroatoms. The molecular weight excluding hydrogens is 232 g/mol. The number of phenolic OH excluding ortho intramolecular Hbond substituents is 1. The van der Waals surface area contributed by atoms with Crippen LogP contribution in [-0.4, -0.2) is 41.5 Å². The lowest BCUT2D eigenvalue weighted by Gasteiger charge is -2.19. The average Bonchev–Trinajstić information content (AvgIpc) is 2.56. The van der Waals surface area contributed by atoms with Crippen LogP contribution in [0.1, 0.15) is 22.3 Å². The van der Waals surface area contributed by atoms with Gasteiger partial charge >= 0.3 is 0 Å². The van der Waals surface area contributed by atoms with Gasteiger partial charge in [0.15, 0.2) is 0 Å². The molecule has 0 atom stereocenters. The summed E-state index contributed by atoms with van der Waals surface area (Å²) in [6.07, 6.45) is 0.726. The molecule has 0 aromatic heterocycles. The third-order valence-electron chi connectivity index (χ3n) is 2.93. The smallest absolute Gasteiger partial charge is 0.258 e. The Balaban J connectivity index is 2.24. The lowest BCUT2D eigenvalue weighted by atomic mass is 10.1. The molecule has 2 amide bonds. The van der Waals surface area contributed by atoms with E-state index in [2.05, 4.69) is 5.32 Å². The molecule has 1 aromatic rings. The van der Waals surface area contributed by atoms with Crippen molar-refractivity contribution in [2.45, 2.75) is 13.3 Å². The fourth-order valence-corrected chi connectivity index (χ4v) is 1.97. The van der Waals surface area contributed by atoms with E-state index >= 15 is 0 Å². The van der Waals surface area contributed by atoms with Crippen molar-refractivity contribution >= 4 is 11.8 Å². The van der Waals surface area contributed by atoms with Crippen molar-refractivity contribution in [1.29, 1.82) is 0 Å². The average molecular weight is 248 g/mol. The summed E-state index contributed by atoms with van der Waals surface area (Å²) < 4.78 is 0. The fourth-order valence-electron chi connectivity index (χ4n) is 1.97. The molecule has 2 rings (SSSR count). The molecule has 0 bridgehead atoms. The summed E-state index contributed by atoms with van der Waals surface area (Å²) in [5.74, 6) is -0.503. The van der Waals surface area contributed by atoms with Gasteiger partial charge in [-0.15, -0.1) is 0 Å². The van der Waals surface area contributed by atoms with E-state index < -0.39 is 0 Å². The predicted molar refractivity (Wildman–Crippen MR) is 66.4 cm³/mol. The Labute approximate surface area is 105 Å². The van der Waals surface area contributed by atoms with E-state index in [0.717, 1.165) is 12.0 Å². The van der Waals surface area contributed by atoms with Crippen LogP contribution in [0.4, 0.5) is 0 Å². The summed E-state index contributed by atoms with van der Waals surface area (Å²) in [5, 5.41) is 12.4. The highest BCUT2D eigenvalue weighted by Crippen LogP contribution is 2.20. The molecule has 0 radical (unpaired) electrons. The van der Waals surface area contributed by atoms with Crippen molar-refractivity contribution in [3.8, 4) is 5.75 Å². The van der Waals surface area contributed by atoms with Crippen molar-refractivity contribution in [3.05, 3.63) is 29.3 Å². The minimum Gasteiger partial charge on any atom is -0.507 e. The van der Waals surface area contributed by atoms with Gasteiger partial charge in [-0.05, 0) is 25.5 Å². The highest BCUT2D eigenvalue weighted by Gasteiger charge is 2.22. The first-order chi connectivity index (χ1) is 8.58. The van der Waals surface area contributed by atoms with Gasteiger partial charge in [0, 0.05) is 13.1 Å². The summed E-state index contributed by atoms with van der Waals surface area (Å²) in [7, 11) is 0. The third kappa shape index (κ3) is 2.61. The number of phenols is 1. The molecule has 0 unspecified atom stereocenters. The van der Waals surface area contributed by atoms with E-state index in [1.54, 1.807) is 12.1 Å². The largest absolute Gasteiger partial charge is 0.507 e. The van der Waals surface area contributed by atoms with Gasteiger partial charge in [-0.2, -0.15) is 0 Å². The Kier molecular flexibility index (Phi) is 3.50. The second kappa shape index (κ2) is 5.08. The summed E-state index contributed by atoms with van der Waals surface area (Å²) in [4.78, 5) is 25.1. The molecule has 5 nitrogen and oxygen atoms in total. The maximum Gasteiger partial charge on any atom is 0.258 e. The Hall–Kier alpha value is -2.04. The van der Waals surface area contributed by atoms with E-state index in [-0.39, 0.29) is 29.7 Å². The maximum atomic E-state index is 12.3. The van der Waals surface area contributed by atoms with Gasteiger partial charge in [0.25, 0.3) is 5.91 Å². The highest BCUT2D eigenvalue weighted by molar-refractivity contribution is 5.99. The van der Waals surface area contributed by atoms with E-state index in [4.69, 9.17) is 0 Å². The van der Waals surface area contributed by atoms with Crippen LogP contribution >= 0.6 is 0 Å². The third-order valence-corrected chi connectivity index (χ3v) is 2.93. The van der Waals surface area contributed by atoms with E-state index in [0.29, 0.717) is 13.1 Å². The Morgan fingerprint density at radius 1 is 1.44 bits per heavy atom. The number of aromatic hydroxyl groups is 1. The Morgan fingerprint density at radius 3 is 3.00 bits per heavy atom. The first kappa shape index (κ1) is 12.4. The number of hydrogen-bond acceptors (Lipinski definition) is 3. The summed E-state index contributed by atoms with van der Waals surface area (Å²) in [6, 6.07) is 4.88. The van der Waals surface area contributed by atoms with Crippen molar-refractivity contribution < 1.29 is 14.7 Å². The molecule has 1 aliphatic rings. The van der Waals surface area contributed by atoms with Crippen LogP contribution in [0.25, 0.3) is 0 Å². The Morgan fingerprint density at radius 2 is 2.22 bits per heavy atom. The lowest BCUT2D eigenvalue weighted by molar-refractivity contribution is -0.121. The van der Waals surface area contributed by atoms with Crippen molar-refractivity contribution in [2.75, 3.05) is 19.6 Å². The molecule has 1 aromatic carbocycles. The normalized spacial score (nSPS) is 16.1. The zero-order chi connectivity index (χ0) is 13.1. The summed E-state index contributed by atoms with van der Waals surface area (Å²) in [5.41, 5.74) is 1.15. The van der Waals surface area contributed by atoms with Crippen LogP contribution in [0.3, 0.4) is 0 Å². The molecule has 0 spiro atoms. The number of carbonyl (C=O) groups is 2. The quantitative estimate of drug-likeness (QED) is 0.767. The highest BCUT2D eigenvalue weighted by atomic mass is 16.3.